The monoisotopic (exact) mass is 167 g/mol. The highest BCUT2D eigenvalue weighted by atomic mass is 32.1. The number of aliphatic imine (C=N–C) groups is 1. The molecule has 0 aliphatic carbocycles. The lowest BCUT2D eigenvalue weighted by molar-refractivity contribution is 0.741. The van der Waals surface area contributed by atoms with Gasteiger partial charge in [0.2, 0.25) is 0 Å². The maximum absolute atomic E-state index is 5.64. The summed E-state index contributed by atoms with van der Waals surface area (Å²) in [6.07, 6.45) is 1.27. The largest absolute Gasteiger partial charge is 0.341 e. The van der Waals surface area contributed by atoms with Crippen LogP contribution in [0.5, 0.6) is 0 Å². The molecule has 2 rings (SSSR count). The Bertz CT molecular complexity index is 302. The summed E-state index contributed by atoms with van der Waals surface area (Å²) in [5.41, 5.74) is 6.43. The van der Waals surface area contributed by atoms with Crippen molar-refractivity contribution in [1.82, 2.24) is 5.32 Å². The number of nitrogens with two attached hydrogens (primary N) is 1. The Morgan fingerprint density at radius 1 is 1.64 bits per heavy atom. The summed E-state index contributed by atoms with van der Waals surface area (Å²) in [6, 6.07) is 0. The fourth-order valence-electron chi connectivity index (χ4n) is 0.907. The predicted octanol–water partition coefficient (Wildman–Crippen LogP) is -0.0925. The molecule has 0 saturated heterocycles. The van der Waals surface area contributed by atoms with Gasteiger partial charge >= 0.3 is 0 Å². The summed E-state index contributed by atoms with van der Waals surface area (Å²) in [5.74, 6) is 0.529. The van der Waals surface area contributed by atoms with Gasteiger partial charge in [-0.05, 0) is 12.2 Å². The minimum atomic E-state index is -0.315. The minimum absolute atomic E-state index is 0.315. The number of fused-ring (bicyclic) bond motifs is 1. The molecule has 1 unspecified atom stereocenters. The molecule has 6 heteroatoms. The molecule has 2 heterocycles. The van der Waals surface area contributed by atoms with Crippen molar-refractivity contribution in [2.75, 3.05) is 0 Å². The van der Waals surface area contributed by atoms with E-state index in [1.54, 1.807) is 6.20 Å². The van der Waals surface area contributed by atoms with Crippen LogP contribution >= 0.6 is 12.2 Å². The zero-order chi connectivity index (χ0) is 7.84. The van der Waals surface area contributed by atoms with E-state index in [9.17, 15) is 0 Å². The van der Waals surface area contributed by atoms with Gasteiger partial charge in [-0.15, -0.1) is 5.11 Å². The Hall–Kier alpha value is -1.14. The van der Waals surface area contributed by atoms with Crippen molar-refractivity contribution < 1.29 is 0 Å². The third kappa shape index (κ3) is 0.958. The number of hydrogen-bond acceptors (Lipinski definition) is 4. The molecule has 0 saturated carbocycles. The van der Waals surface area contributed by atoms with Gasteiger partial charge in [-0.3, -0.25) is 0 Å². The zero-order valence-electron chi connectivity index (χ0n) is 5.48. The van der Waals surface area contributed by atoms with Crippen molar-refractivity contribution in [3.8, 4) is 0 Å². The zero-order valence-corrected chi connectivity index (χ0v) is 6.30. The normalized spacial score (nSPS) is 27.4. The van der Waals surface area contributed by atoms with E-state index >= 15 is 0 Å². The van der Waals surface area contributed by atoms with Crippen LogP contribution in [-0.4, -0.2) is 17.1 Å². The summed E-state index contributed by atoms with van der Waals surface area (Å²) in [4.78, 5) is 3.92. The third-order valence-electron chi connectivity index (χ3n) is 1.43. The van der Waals surface area contributed by atoms with Crippen LogP contribution in [0, 0.1) is 0 Å². The van der Waals surface area contributed by atoms with E-state index in [1.165, 1.54) is 0 Å². The van der Waals surface area contributed by atoms with Crippen LogP contribution in [0.25, 0.3) is 0 Å². The van der Waals surface area contributed by atoms with Crippen molar-refractivity contribution in [2.24, 2.45) is 21.0 Å². The molecule has 1 atom stereocenters. The molecule has 0 bridgehead atoms. The minimum Gasteiger partial charge on any atom is -0.341 e. The van der Waals surface area contributed by atoms with Crippen molar-refractivity contribution in [3.05, 3.63) is 11.8 Å². The summed E-state index contributed by atoms with van der Waals surface area (Å²) in [6.45, 7) is 0. The standard InChI is InChI=1S/C5H5N5S/c6-3-2-1-7-10-4(2)9-5(11)8-3/h1,3H,6H2,(H,8,11). The Morgan fingerprint density at radius 3 is 3.27 bits per heavy atom. The van der Waals surface area contributed by atoms with Crippen LogP contribution in [0.1, 0.15) is 0 Å². The van der Waals surface area contributed by atoms with E-state index < -0.39 is 0 Å². The molecule has 5 nitrogen and oxygen atoms in total. The van der Waals surface area contributed by atoms with E-state index in [4.69, 9.17) is 18.0 Å². The maximum atomic E-state index is 5.64. The Labute approximate surface area is 68.1 Å². The highest BCUT2D eigenvalue weighted by Crippen LogP contribution is 2.14. The predicted molar refractivity (Wildman–Crippen MR) is 44.1 cm³/mol. The molecular formula is C5H5N5S. The molecule has 0 spiro atoms. The Morgan fingerprint density at radius 2 is 2.45 bits per heavy atom. The number of azo groups is 1. The summed E-state index contributed by atoms with van der Waals surface area (Å²) < 4.78 is 0. The molecule has 2 aliphatic heterocycles. The van der Waals surface area contributed by atoms with Crippen molar-refractivity contribution in [2.45, 2.75) is 6.17 Å². The van der Waals surface area contributed by atoms with Gasteiger partial charge in [0, 0.05) is 0 Å². The van der Waals surface area contributed by atoms with Crippen molar-refractivity contribution in [3.63, 3.8) is 0 Å². The molecule has 3 N–H and O–H groups in total. The van der Waals surface area contributed by atoms with E-state index in [0.717, 1.165) is 5.57 Å². The summed E-state index contributed by atoms with van der Waals surface area (Å²) >= 11 is 4.80. The van der Waals surface area contributed by atoms with Crippen LogP contribution in [-0.2, 0) is 0 Å². The van der Waals surface area contributed by atoms with Gasteiger partial charge < -0.3 is 11.1 Å². The lowest BCUT2D eigenvalue weighted by Crippen LogP contribution is -2.46. The highest BCUT2D eigenvalue weighted by molar-refractivity contribution is 7.80. The second-order valence-corrected chi connectivity index (χ2v) is 2.55. The third-order valence-corrected chi connectivity index (χ3v) is 1.64. The Balaban J connectivity index is 2.45. The topological polar surface area (TPSA) is 75.1 Å². The molecule has 0 fully saturated rings. The van der Waals surface area contributed by atoms with Gasteiger partial charge in [-0.2, -0.15) is 10.1 Å². The van der Waals surface area contributed by atoms with Gasteiger partial charge in [-0.25, -0.2) is 0 Å². The average molecular weight is 167 g/mol. The van der Waals surface area contributed by atoms with Crippen LogP contribution in [0.2, 0.25) is 0 Å². The van der Waals surface area contributed by atoms with Gasteiger partial charge in [0.05, 0.1) is 11.8 Å². The first-order valence-electron chi connectivity index (χ1n) is 3.03. The first-order chi connectivity index (χ1) is 5.27. The number of rotatable bonds is 0. The van der Waals surface area contributed by atoms with Crippen molar-refractivity contribution in [1.29, 1.82) is 0 Å². The smallest absolute Gasteiger partial charge is 0.196 e. The number of hydrogen-bond donors (Lipinski definition) is 2. The van der Waals surface area contributed by atoms with Gasteiger partial charge in [0.25, 0.3) is 0 Å². The second kappa shape index (κ2) is 2.18. The number of amidine groups is 1. The molecule has 0 aromatic carbocycles. The molecule has 56 valence electrons. The Kier molecular flexibility index (Phi) is 1.30. The van der Waals surface area contributed by atoms with Gasteiger partial charge in [-0.1, -0.05) is 0 Å². The van der Waals surface area contributed by atoms with E-state index in [-0.39, 0.29) is 6.17 Å². The fourth-order valence-corrected chi connectivity index (χ4v) is 1.12. The molecule has 11 heavy (non-hydrogen) atoms. The maximum Gasteiger partial charge on any atom is 0.196 e. The molecule has 0 aromatic rings. The second-order valence-electron chi connectivity index (χ2n) is 2.16. The van der Waals surface area contributed by atoms with Crippen LogP contribution in [0.4, 0.5) is 0 Å². The molecule has 0 aromatic heterocycles. The summed E-state index contributed by atoms with van der Waals surface area (Å²) in [7, 11) is 0. The van der Waals surface area contributed by atoms with E-state index in [2.05, 4.69) is 20.5 Å². The lowest BCUT2D eigenvalue weighted by Gasteiger charge is -2.18. The number of thiocarbonyl (C=S) groups is 1. The quantitative estimate of drug-likeness (QED) is 0.495. The van der Waals surface area contributed by atoms with Crippen LogP contribution in [0.3, 0.4) is 0 Å². The molecule has 2 aliphatic rings. The van der Waals surface area contributed by atoms with Crippen LogP contribution < -0.4 is 11.1 Å². The lowest BCUT2D eigenvalue weighted by atomic mass is 10.2. The SMILES string of the molecule is NC1NC(=S)N=C2N=NC=C21. The van der Waals surface area contributed by atoms with E-state index in [0.29, 0.717) is 10.9 Å². The number of nitrogens with one attached hydrogen (secondary N) is 1. The van der Waals surface area contributed by atoms with Crippen molar-refractivity contribution >= 4 is 23.2 Å². The fraction of sp³-hybridized carbons (Fsp3) is 0.200. The van der Waals surface area contributed by atoms with Gasteiger partial charge in [0.15, 0.2) is 10.9 Å². The summed E-state index contributed by atoms with van der Waals surface area (Å²) in [5, 5.41) is 10.5. The molecule has 0 radical (unpaired) electrons. The highest BCUT2D eigenvalue weighted by Gasteiger charge is 2.24. The van der Waals surface area contributed by atoms with Gasteiger partial charge in [0.1, 0.15) is 6.17 Å². The first kappa shape index (κ1) is 6.56. The molecule has 0 amide bonds. The molecular weight excluding hydrogens is 162 g/mol. The number of nitrogens with zero attached hydrogens (tertiary/aromatic N) is 3. The van der Waals surface area contributed by atoms with Crippen LogP contribution in [0.15, 0.2) is 27.0 Å². The average Bonchev–Trinajstić information content (AvgIpc) is 2.34. The van der Waals surface area contributed by atoms with E-state index in [1.807, 2.05) is 0 Å². The first-order valence-corrected chi connectivity index (χ1v) is 3.44.